The zero-order chi connectivity index (χ0) is 31.7. The van der Waals surface area contributed by atoms with Gasteiger partial charge in [0.25, 0.3) is 5.91 Å². The van der Waals surface area contributed by atoms with E-state index in [1.165, 1.54) is 16.7 Å². The van der Waals surface area contributed by atoms with Gasteiger partial charge in [-0.15, -0.1) is 11.8 Å². The van der Waals surface area contributed by atoms with Crippen molar-refractivity contribution in [2.24, 2.45) is 0 Å². The van der Waals surface area contributed by atoms with Crippen molar-refractivity contribution in [2.45, 2.75) is 75.0 Å². The van der Waals surface area contributed by atoms with Gasteiger partial charge in [0.05, 0.1) is 6.54 Å². The van der Waals surface area contributed by atoms with Crippen LogP contribution < -0.4 is 10.6 Å². The summed E-state index contributed by atoms with van der Waals surface area (Å²) < 4.78 is 89.9. The van der Waals surface area contributed by atoms with E-state index in [0.717, 1.165) is 24.0 Å². The van der Waals surface area contributed by atoms with Gasteiger partial charge in [0.2, 0.25) is 5.91 Å². The van der Waals surface area contributed by atoms with Gasteiger partial charge in [-0.05, 0) is 74.4 Å². The first-order chi connectivity index (χ1) is 19.3. The number of hydrogen-bond acceptors (Lipinski definition) is 5. The monoisotopic (exact) mass is 619 g/mol. The summed E-state index contributed by atoms with van der Waals surface area (Å²) in [6, 6.07) is 7.28. The van der Waals surface area contributed by atoms with Crippen LogP contribution in [0.15, 0.2) is 47.4 Å². The number of fused-ring (bicyclic) bond motifs is 1. The Bertz CT molecular complexity index is 1310. The molecule has 1 aliphatic rings. The number of anilines is 1. The smallest absolute Gasteiger partial charge is 0.411 e. The molecule has 7 nitrogen and oxygen atoms in total. The van der Waals surface area contributed by atoms with Crippen LogP contribution in [-0.4, -0.2) is 53.6 Å². The molecule has 0 bridgehead atoms. The van der Waals surface area contributed by atoms with Crippen LogP contribution in [0.2, 0.25) is 0 Å². The molecular weight excluding hydrogens is 588 g/mol. The Hall–Kier alpha value is -3.42. The summed E-state index contributed by atoms with van der Waals surface area (Å²) in [7, 11) is 0. The van der Waals surface area contributed by atoms with Gasteiger partial charge in [0, 0.05) is 24.1 Å². The molecule has 1 heterocycles. The fraction of sp³-hybridized carbons (Fsp3) is 0.464. The Labute approximate surface area is 243 Å². The number of thioether (sulfide) groups is 1. The molecule has 3 rings (SSSR count). The number of ether oxygens (including phenoxy) is 1. The van der Waals surface area contributed by atoms with Crippen LogP contribution in [-0.2, 0) is 26.3 Å². The average Bonchev–Trinajstić information content (AvgIpc) is 3.23. The molecule has 42 heavy (non-hydrogen) atoms. The molecule has 2 N–H and O–H groups in total. The lowest BCUT2D eigenvalue weighted by atomic mass is 9.75. The highest BCUT2D eigenvalue weighted by atomic mass is 32.2. The van der Waals surface area contributed by atoms with E-state index in [1.54, 1.807) is 32.9 Å². The second-order valence-corrected chi connectivity index (χ2v) is 11.7. The zero-order valence-corrected chi connectivity index (χ0v) is 24.3. The molecule has 3 amide bonds. The minimum atomic E-state index is -5.74. The fourth-order valence-corrected chi connectivity index (χ4v) is 5.18. The standard InChI is InChI=1S/C28H31F6N3O4S/c1-16(38)35-13-12-26(27(29,30)31,28(32,33)34)18-6-8-19(9-7-18)36-23(39)22-21-11-10-20(42-5)14-17(21)15-37(22)24(40)41-25(2,3)4/h6-11,14,22H,12-13,15H2,1-5H3,(H,35,38)(H,36,39). The predicted molar refractivity (Wildman–Crippen MR) is 145 cm³/mol. The third-order valence-corrected chi connectivity index (χ3v) is 7.39. The summed E-state index contributed by atoms with van der Waals surface area (Å²) in [5, 5.41) is 4.49. The van der Waals surface area contributed by atoms with E-state index < -0.39 is 65.8 Å². The highest BCUT2D eigenvalue weighted by molar-refractivity contribution is 7.98. The SMILES string of the molecule is CSc1ccc2c(c1)CN(C(=O)OC(C)(C)C)C2C(=O)Nc1ccc(C(CCNC(C)=O)(C(F)(F)F)C(F)(F)F)cc1. The molecular formula is C28H31F6N3O4S. The van der Waals surface area contributed by atoms with Gasteiger partial charge >= 0.3 is 18.4 Å². The Morgan fingerprint density at radius 2 is 1.57 bits per heavy atom. The Kier molecular flexibility index (Phi) is 9.50. The largest absolute Gasteiger partial charge is 0.444 e. The average molecular weight is 620 g/mol. The van der Waals surface area contributed by atoms with Gasteiger partial charge in [-0.2, -0.15) is 26.3 Å². The van der Waals surface area contributed by atoms with Gasteiger partial charge in [0.1, 0.15) is 11.6 Å². The third-order valence-electron chi connectivity index (χ3n) is 6.66. The molecule has 0 saturated carbocycles. The third kappa shape index (κ3) is 6.96. The Morgan fingerprint density at radius 3 is 2.07 bits per heavy atom. The lowest BCUT2D eigenvalue weighted by Crippen LogP contribution is -2.55. The lowest BCUT2D eigenvalue weighted by Gasteiger charge is -2.38. The van der Waals surface area contributed by atoms with E-state index in [1.807, 2.05) is 17.6 Å². The number of alkyl halides is 6. The molecule has 0 saturated heterocycles. The van der Waals surface area contributed by atoms with Crippen molar-refractivity contribution in [1.82, 2.24) is 10.2 Å². The van der Waals surface area contributed by atoms with Crippen LogP contribution >= 0.6 is 11.8 Å². The maximum absolute atomic E-state index is 14.1. The second kappa shape index (κ2) is 12.1. The van der Waals surface area contributed by atoms with Crippen LogP contribution in [0.25, 0.3) is 0 Å². The van der Waals surface area contributed by atoms with Gasteiger partial charge in [-0.3, -0.25) is 14.5 Å². The van der Waals surface area contributed by atoms with Gasteiger partial charge in [-0.1, -0.05) is 18.2 Å². The molecule has 1 unspecified atom stereocenters. The highest BCUT2D eigenvalue weighted by Crippen LogP contribution is 2.54. The number of nitrogens with zero attached hydrogens (tertiary/aromatic N) is 1. The van der Waals surface area contributed by atoms with Crippen molar-refractivity contribution in [3.8, 4) is 0 Å². The minimum absolute atomic E-state index is 0.0592. The van der Waals surface area contributed by atoms with E-state index in [9.17, 15) is 40.7 Å². The topological polar surface area (TPSA) is 87.7 Å². The number of carbonyl (C=O) groups excluding carboxylic acids is 3. The number of rotatable bonds is 7. The number of benzene rings is 2. The summed E-state index contributed by atoms with van der Waals surface area (Å²) in [4.78, 5) is 39.7. The molecule has 0 aromatic heterocycles. The lowest BCUT2D eigenvalue weighted by molar-refractivity contribution is -0.305. The maximum Gasteiger partial charge on any atom is 0.411 e. The van der Waals surface area contributed by atoms with Crippen molar-refractivity contribution in [3.05, 3.63) is 59.2 Å². The van der Waals surface area contributed by atoms with Crippen LogP contribution in [0.4, 0.5) is 36.8 Å². The molecule has 1 aliphatic heterocycles. The minimum Gasteiger partial charge on any atom is -0.444 e. The van der Waals surface area contributed by atoms with Crippen LogP contribution in [0.5, 0.6) is 0 Å². The van der Waals surface area contributed by atoms with E-state index in [0.29, 0.717) is 23.3 Å². The summed E-state index contributed by atoms with van der Waals surface area (Å²) in [6.07, 6.45) is -11.9. The number of carbonyl (C=O) groups is 3. The maximum atomic E-state index is 14.1. The number of hydrogen-bond donors (Lipinski definition) is 2. The van der Waals surface area contributed by atoms with Gasteiger partial charge in [-0.25, -0.2) is 4.79 Å². The van der Waals surface area contributed by atoms with Crippen molar-refractivity contribution in [2.75, 3.05) is 18.1 Å². The van der Waals surface area contributed by atoms with Gasteiger partial charge in [0.15, 0.2) is 5.41 Å². The molecule has 0 spiro atoms. The number of halogens is 6. The Morgan fingerprint density at radius 1 is 0.976 bits per heavy atom. The molecule has 1 atom stereocenters. The number of nitrogens with one attached hydrogen (secondary N) is 2. The molecule has 14 heteroatoms. The summed E-state index contributed by atoms with van der Waals surface area (Å²) >= 11 is 1.46. The van der Waals surface area contributed by atoms with E-state index in [-0.39, 0.29) is 12.2 Å². The predicted octanol–water partition coefficient (Wildman–Crippen LogP) is 6.73. The van der Waals surface area contributed by atoms with Crippen LogP contribution in [0, 0.1) is 0 Å². The molecule has 230 valence electrons. The molecule has 2 aromatic rings. The molecule has 0 aliphatic carbocycles. The summed E-state index contributed by atoms with van der Waals surface area (Å²) in [6.45, 7) is 5.16. The van der Waals surface area contributed by atoms with E-state index in [4.69, 9.17) is 4.74 Å². The van der Waals surface area contributed by atoms with Crippen molar-refractivity contribution < 1.29 is 45.5 Å². The number of amides is 3. The molecule has 2 aromatic carbocycles. The van der Waals surface area contributed by atoms with Crippen molar-refractivity contribution >= 4 is 35.4 Å². The van der Waals surface area contributed by atoms with E-state index in [2.05, 4.69) is 5.32 Å². The van der Waals surface area contributed by atoms with Crippen LogP contribution in [0.1, 0.15) is 56.8 Å². The molecule has 0 fully saturated rings. The van der Waals surface area contributed by atoms with E-state index >= 15 is 0 Å². The van der Waals surface area contributed by atoms with Crippen LogP contribution in [0.3, 0.4) is 0 Å². The quantitative estimate of drug-likeness (QED) is 0.265. The highest BCUT2D eigenvalue weighted by Gasteiger charge is 2.71. The van der Waals surface area contributed by atoms with Gasteiger partial charge < -0.3 is 15.4 Å². The zero-order valence-electron chi connectivity index (χ0n) is 23.5. The normalized spacial score (nSPS) is 15.7. The first-order valence-corrected chi connectivity index (χ1v) is 14.0. The first-order valence-electron chi connectivity index (χ1n) is 12.8. The Balaban J connectivity index is 1.94. The van der Waals surface area contributed by atoms with Crippen molar-refractivity contribution in [1.29, 1.82) is 0 Å². The second-order valence-electron chi connectivity index (χ2n) is 10.8. The molecule has 0 radical (unpaired) electrons. The van der Waals surface area contributed by atoms with Crippen molar-refractivity contribution in [3.63, 3.8) is 0 Å². The first kappa shape index (κ1) is 33.1. The fourth-order valence-electron chi connectivity index (χ4n) is 4.72. The summed E-state index contributed by atoms with van der Waals surface area (Å²) in [5.41, 5.74) is -5.10. The summed E-state index contributed by atoms with van der Waals surface area (Å²) in [5.74, 6) is -1.50.